The number of rotatable bonds is 3. The van der Waals surface area contributed by atoms with Gasteiger partial charge in [0.05, 0.1) is 12.2 Å². The van der Waals surface area contributed by atoms with Crippen molar-refractivity contribution in [3.05, 3.63) is 34.4 Å². The second kappa shape index (κ2) is 5.81. The highest BCUT2D eigenvalue weighted by molar-refractivity contribution is 7.09. The molecule has 0 aromatic carbocycles. The Morgan fingerprint density at radius 3 is 2.75 bits per heavy atom. The summed E-state index contributed by atoms with van der Waals surface area (Å²) in [6.45, 7) is 9.46. The van der Waals surface area contributed by atoms with Gasteiger partial charge in [-0.3, -0.25) is 9.78 Å². The maximum atomic E-state index is 12.6. The van der Waals surface area contributed by atoms with Crippen LogP contribution < -0.4 is 4.90 Å². The van der Waals surface area contributed by atoms with E-state index in [9.17, 15) is 4.79 Å². The number of aryl methyl sites for hydroxylation is 1. The van der Waals surface area contributed by atoms with Gasteiger partial charge < -0.3 is 9.80 Å². The number of aromatic nitrogens is 3. The van der Waals surface area contributed by atoms with Crippen LogP contribution >= 0.6 is 11.5 Å². The molecule has 2 aromatic rings. The third-order valence-corrected chi connectivity index (χ3v) is 6.02. The monoisotopic (exact) mass is 343 g/mol. The van der Waals surface area contributed by atoms with E-state index in [1.165, 1.54) is 28.2 Å². The van der Waals surface area contributed by atoms with Crippen LogP contribution in [0, 0.1) is 26.7 Å². The SMILES string of the molecule is Cc1nc2c(c(C)c1C)CN(C(=O)CC1CN(c3ncns3)C1)C2. The average Bonchev–Trinajstić information content (AvgIpc) is 3.17. The fraction of sp³-hybridized carbons (Fsp3) is 0.529. The van der Waals surface area contributed by atoms with E-state index in [-0.39, 0.29) is 5.91 Å². The van der Waals surface area contributed by atoms with Gasteiger partial charge in [0, 0.05) is 49.2 Å². The normalized spacial score (nSPS) is 17.1. The Balaban J connectivity index is 1.36. The molecule has 7 heteroatoms. The van der Waals surface area contributed by atoms with Crippen LogP contribution in [0.5, 0.6) is 0 Å². The van der Waals surface area contributed by atoms with Gasteiger partial charge in [-0.25, -0.2) is 4.98 Å². The van der Waals surface area contributed by atoms with Crippen molar-refractivity contribution in [1.29, 1.82) is 0 Å². The lowest BCUT2D eigenvalue weighted by Crippen LogP contribution is -2.48. The molecule has 0 saturated carbocycles. The Kier molecular flexibility index (Phi) is 3.75. The van der Waals surface area contributed by atoms with Crippen LogP contribution in [-0.4, -0.2) is 38.2 Å². The van der Waals surface area contributed by atoms with E-state index in [2.05, 4.69) is 33.1 Å². The van der Waals surface area contributed by atoms with E-state index in [4.69, 9.17) is 0 Å². The summed E-state index contributed by atoms with van der Waals surface area (Å²) >= 11 is 1.41. The van der Waals surface area contributed by atoms with Crippen LogP contribution in [-0.2, 0) is 17.9 Å². The molecule has 0 aliphatic carbocycles. The number of pyridine rings is 1. The number of nitrogens with zero attached hydrogens (tertiary/aromatic N) is 5. The first-order valence-corrected chi connectivity index (χ1v) is 9.05. The fourth-order valence-corrected chi connectivity index (χ4v) is 4.10. The molecule has 1 amide bonds. The lowest BCUT2D eigenvalue weighted by Gasteiger charge is -2.39. The smallest absolute Gasteiger partial charge is 0.223 e. The van der Waals surface area contributed by atoms with E-state index in [0.717, 1.165) is 29.6 Å². The van der Waals surface area contributed by atoms with Crippen LogP contribution in [0.1, 0.15) is 34.5 Å². The minimum absolute atomic E-state index is 0.240. The largest absolute Gasteiger partial charge is 0.346 e. The zero-order valence-electron chi connectivity index (χ0n) is 14.2. The Labute approximate surface area is 145 Å². The molecule has 2 aliphatic heterocycles. The maximum Gasteiger partial charge on any atom is 0.223 e. The quantitative estimate of drug-likeness (QED) is 0.855. The van der Waals surface area contributed by atoms with Crippen LogP contribution in [0.25, 0.3) is 0 Å². The molecule has 2 aromatic heterocycles. The molecule has 1 saturated heterocycles. The van der Waals surface area contributed by atoms with Gasteiger partial charge in [0.25, 0.3) is 0 Å². The third kappa shape index (κ3) is 2.56. The molecule has 2 aliphatic rings. The second-order valence-corrected chi connectivity index (χ2v) is 7.58. The van der Waals surface area contributed by atoms with Crippen molar-refractivity contribution >= 4 is 22.6 Å². The van der Waals surface area contributed by atoms with Gasteiger partial charge >= 0.3 is 0 Å². The molecule has 4 heterocycles. The fourth-order valence-electron chi connectivity index (χ4n) is 3.55. The van der Waals surface area contributed by atoms with Gasteiger partial charge in [0.2, 0.25) is 11.0 Å². The molecular formula is C17H21N5OS. The molecule has 0 spiro atoms. The summed E-state index contributed by atoms with van der Waals surface area (Å²) in [6.07, 6.45) is 2.19. The lowest BCUT2D eigenvalue weighted by atomic mass is 9.96. The molecule has 0 unspecified atom stereocenters. The first-order chi connectivity index (χ1) is 11.5. The number of carbonyl (C=O) groups excluding carboxylic acids is 1. The molecule has 1 fully saturated rings. The maximum absolute atomic E-state index is 12.6. The van der Waals surface area contributed by atoms with Gasteiger partial charge in [0.1, 0.15) is 6.33 Å². The Bertz CT molecular complexity index is 783. The van der Waals surface area contributed by atoms with Crippen molar-refractivity contribution < 1.29 is 4.79 Å². The number of hydrogen-bond donors (Lipinski definition) is 0. The third-order valence-electron chi connectivity index (χ3n) is 5.29. The molecule has 4 rings (SSSR count). The summed E-state index contributed by atoms with van der Waals surface area (Å²) < 4.78 is 4.03. The zero-order valence-corrected chi connectivity index (χ0v) is 15.1. The van der Waals surface area contributed by atoms with Crippen LogP contribution in [0.4, 0.5) is 5.13 Å². The highest BCUT2D eigenvalue weighted by Gasteiger charge is 2.34. The predicted octanol–water partition coefficient (Wildman–Crippen LogP) is 2.23. The van der Waals surface area contributed by atoms with Gasteiger partial charge in [-0.2, -0.15) is 4.37 Å². The minimum atomic E-state index is 0.240. The first kappa shape index (κ1) is 15.5. The average molecular weight is 343 g/mol. The van der Waals surface area contributed by atoms with Gasteiger partial charge in [-0.15, -0.1) is 0 Å². The van der Waals surface area contributed by atoms with Crippen molar-refractivity contribution in [1.82, 2.24) is 19.2 Å². The van der Waals surface area contributed by atoms with Gasteiger partial charge in [-0.1, -0.05) is 0 Å². The molecule has 0 bridgehead atoms. The van der Waals surface area contributed by atoms with Gasteiger partial charge in [0.15, 0.2) is 0 Å². The van der Waals surface area contributed by atoms with E-state index in [1.807, 2.05) is 11.8 Å². The number of anilines is 1. The van der Waals surface area contributed by atoms with Crippen molar-refractivity contribution in [3.63, 3.8) is 0 Å². The van der Waals surface area contributed by atoms with E-state index in [1.54, 1.807) is 6.33 Å². The number of hydrogen-bond acceptors (Lipinski definition) is 6. The molecule has 6 nitrogen and oxygen atoms in total. The van der Waals surface area contributed by atoms with E-state index in [0.29, 0.717) is 25.4 Å². The van der Waals surface area contributed by atoms with Crippen molar-refractivity contribution in [2.75, 3.05) is 18.0 Å². The molecule has 0 radical (unpaired) electrons. The zero-order chi connectivity index (χ0) is 16.8. The summed E-state index contributed by atoms with van der Waals surface area (Å²) in [4.78, 5) is 25.7. The summed E-state index contributed by atoms with van der Waals surface area (Å²) in [5.41, 5.74) is 5.93. The van der Waals surface area contributed by atoms with E-state index < -0.39 is 0 Å². The Morgan fingerprint density at radius 1 is 1.25 bits per heavy atom. The molecule has 0 atom stereocenters. The minimum Gasteiger partial charge on any atom is -0.346 e. The summed E-state index contributed by atoms with van der Waals surface area (Å²) in [7, 11) is 0. The summed E-state index contributed by atoms with van der Waals surface area (Å²) in [5, 5.41) is 0.957. The van der Waals surface area contributed by atoms with Crippen molar-refractivity contribution in [2.45, 2.75) is 40.3 Å². The highest BCUT2D eigenvalue weighted by atomic mass is 32.1. The van der Waals surface area contributed by atoms with Crippen LogP contribution in [0.15, 0.2) is 6.33 Å². The lowest BCUT2D eigenvalue weighted by molar-refractivity contribution is -0.133. The van der Waals surface area contributed by atoms with E-state index >= 15 is 0 Å². The number of carbonyl (C=O) groups is 1. The number of amides is 1. The van der Waals surface area contributed by atoms with Crippen molar-refractivity contribution in [2.24, 2.45) is 5.92 Å². The predicted molar refractivity (Wildman–Crippen MR) is 92.9 cm³/mol. The Hall–Kier alpha value is -2.02. The van der Waals surface area contributed by atoms with Crippen LogP contribution in [0.2, 0.25) is 0 Å². The Morgan fingerprint density at radius 2 is 2.04 bits per heavy atom. The number of fused-ring (bicyclic) bond motifs is 1. The second-order valence-electron chi connectivity index (χ2n) is 6.82. The van der Waals surface area contributed by atoms with Crippen molar-refractivity contribution in [3.8, 4) is 0 Å². The molecule has 0 N–H and O–H groups in total. The molecule has 126 valence electrons. The topological polar surface area (TPSA) is 62.2 Å². The molecule has 24 heavy (non-hydrogen) atoms. The summed E-state index contributed by atoms with van der Waals surface area (Å²) in [6, 6.07) is 0. The van der Waals surface area contributed by atoms with Crippen LogP contribution in [0.3, 0.4) is 0 Å². The molecular weight excluding hydrogens is 322 g/mol. The summed E-state index contributed by atoms with van der Waals surface area (Å²) in [5.74, 6) is 0.660. The van der Waals surface area contributed by atoms with Gasteiger partial charge in [-0.05, 0) is 37.5 Å². The highest BCUT2D eigenvalue weighted by Crippen LogP contribution is 2.31. The standard InChI is InChI=1S/C17H21N5OS/c1-10-11(2)14-7-21(8-15(14)20-12(10)3)16(23)4-13-5-22(6-13)17-18-9-19-24-17/h9,13H,4-8H2,1-3H3. The first-order valence-electron chi connectivity index (χ1n) is 8.28.